The van der Waals surface area contributed by atoms with Crippen LogP contribution >= 0.6 is 0 Å². The van der Waals surface area contributed by atoms with Crippen LogP contribution in [0, 0.1) is 6.92 Å². The zero-order valence-electron chi connectivity index (χ0n) is 16.0. The normalized spacial score (nSPS) is 21.9. The molecular weight excluding hydrogens is 354 g/mol. The third-order valence-corrected chi connectivity index (χ3v) is 5.69. The van der Waals surface area contributed by atoms with Crippen LogP contribution in [0.5, 0.6) is 11.5 Å². The molecule has 1 amide bonds. The molecule has 2 N–H and O–H groups in total. The maximum atomic E-state index is 13.1. The molecule has 5 nitrogen and oxygen atoms in total. The van der Waals surface area contributed by atoms with Gasteiger partial charge >= 0.3 is 0 Å². The second-order valence-electron chi connectivity index (χ2n) is 7.57. The van der Waals surface area contributed by atoms with Gasteiger partial charge in [0.05, 0.1) is 7.11 Å². The third-order valence-electron chi connectivity index (χ3n) is 5.69. The van der Waals surface area contributed by atoms with Gasteiger partial charge in [-0.2, -0.15) is 0 Å². The molecule has 0 bridgehead atoms. The first-order chi connectivity index (χ1) is 13.5. The molecule has 1 aliphatic heterocycles. The summed E-state index contributed by atoms with van der Waals surface area (Å²) < 4.78 is 5.20. The zero-order valence-corrected chi connectivity index (χ0v) is 16.0. The Bertz CT molecular complexity index is 975. The number of hydrogen-bond donors (Lipinski definition) is 2. The quantitative estimate of drug-likeness (QED) is 0.855. The molecule has 1 aliphatic carbocycles. The highest BCUT2D eigenvalue weighted by Crippen LogP contribution is 2.43. The molecule has 2 aliphatic rings. The Morgan fingerprint density at radius 3 is 2.43 bits per heavy atom. The Hall–Kier alpha value is -3.08. The van der Waals surface area contributed by atoms with Gasteiger partial charge in [-0.15, -0.1) is 0 Å². The standard InChI is InChI=1S/C23H23NO4/c1-13-3-5-14(6-4-13)16-9-18-23(20(26)10-16)17(12-22(27)24-18)15-7-8-19(25)21(11-15)28-2/h3-8,11,16-17,25H,9-10,12H2,1-2H3,(H,24,27)/t16-,17-/m0/s1. The largest absolute Gasteiger partial charge is 0.504 e. The van der Waals surface area contributed by atoms with Crippen molar-refractivity contribution >= 4 is 11.7 Å². The molecule has 5 heteroatoms. The SMILES string of the molecule is COc1cc([C@@H]2CC(=O)NC3=C2C(=O)C[C@@H](c2ccc(C)cc2)C3)ccc1O. The summed E-state index contributed by atoms with van der Waals surface area (Å²) in [6, 6.07) is 13.2. The number of hydrogen-bond acceptors (Lipinski definition) is 4. The molecule has 28 heavy (non-hydrogen) atoms. The number of aromatic hydroxyl groups is 1. The number of ketones is 1. The summed E-state index contributed by atoms with van der Waals surface area (Å²) in [5.41, 5.74) is 4.52. The molecule has 144 valence electrons. The highest BCUT2D eigenvalue weighted by molar-refractivity contribution is 6.02. The molecule has 2 aromatic rings. The van der Waals surface area contributed by atoms with Crippen LogP contribution in [0.3, 0.4) is 0 Å². The summed E-state index contributed by atoms with van der Waals surface area (Å²) in [5.74, 6) is 0.114. The third kappa shape index (κ3) is 3.28. The first-order valence-corrected chi connectivity index (χ1v) is 9.46. The van der Waals surface area contributed by atoms with E-state index in [2.05, 4.69) is 29.6 Å². The van der Waals surface area contributed by atoms with Crippen LogP contribution in [0.15, 0.2) is 53.7 Å². The Morgan fingerprint density at radius 2 is 1.71 bits per heavy atom. The van der Waals surface area contributed by atoms with Gasteiger partial charge in [0.25, 0.3) is 0 Å². The number of benzene rings is 2. The van der Waals surface area contributed by atoms with Crippen molar-refractivity contribution in [3.05, 3.63) is 70.4 Å². The summed E-state index contributed by atoms with van der Waals surface area (Å²) in [4.78, 5) is 25.5. The molecular formula is C23H23NO4. The number of methoxy groups -OCH3 is 1. The van der Waals surface area contributed by atoms with Crippen molar-refractivity contribution in [3.63, 3.8) is 0 Å². The van der Waals surface area contributed by atoms with Crippen LogP contribution in [-0.4, -0.2) is 23.9 Å². The number of rotatable bonds is 3. The van der Waals surface area contributed by atoms with Crippen LogP contribution in [0.2, 0.25) is 0 Å². The molecule has 0 radical (unpaired) electrons. The van der Waals surface area contributed by atoms with Crippen molar-refractivity contribution in [2.24, 2.45) is 0 Å². The lowest BCUT2D eigenvalue weighted by molar-refractivity contribution is -0.122. The molecule has 0 saturated carbocycles. The summed E-state index contributed by atoms with van der Waals surface area (Å²) in [5, 5.41) is 12.8. The number of phenolic OH excluding ortho intramolecular Hbond substituents is 1. The van der Waals surface area contributed by atoms with Crippen molar-refractivity contribution in [3.8, 4) is 11.5 Å². The van der Waals surface area contributed by atoms with Gasteiger partial charge in [0.15, 0.2) is 17.3 Å². The maximum Gasteiger partial charge on any atom is 0.225 e. The van der Waals surface area contributed by atoms with Crippen molar-refractivity contribution in [2.45, 2.75) is 38.0 Å². The summed E-state index contributed by atoms with van der Waals surface area (Å²) in [6.45, 7) is 2.04. The maximum absolute atomic E-state index is 13.1. The van der Waals surface area contributed by atoms with Crippen molar-refractivity contribution < 1.29 is 19.4 Å². The summed E-state index contributed by atoms with van der Waals surface area (Å²) in [7, 11) is 1.48. The fourth-order valence-electron chi connectivity index (χ4n) is 4.23. The van der Waals surface area contributed by atoms with Crippen molar-refractivity contribution in [1.29, 1.82) is 0 Å². The van der Waals surface area contributed by atoms with Crippen molar-refractivity contribution in [1.82, 2.24) is 5.32 Å². The zero-order chi connectivity index (χ0) is 19.8. The van der Waals surface area contributed by atoms with Gasteiger partial charge in [0.2, 0.25) is 5.91 Å². The number of nitrogens with one attached hydrogen (secondary N) is 1. The molecule has 2 atom stereocenters. The van der Waals surface area contributed by atoms with E-state index in [4.69, 9.17) is 4.74 Å². The number of phenols is 1. The number of ether oxygens (including phenoxy) is 1. The van der Waals surface area contributed by atoms with Crippen LogP contribution in [0.4, 0.5) is 0 Å². The average Bonchev–Trinajstić information content (AvgIpc) is 2.68. The van der Waals surface area contributed by atoms with E-state index in [9.17, 15) is 14.7 Å². The van der Waals surface area contributed by atoms with Crippen molar-refractivity contribution in [2.75, 3.05) is 7.11 Å². The van der Waals surface area contributed by atoms with Crippen LogP contribution in [0.1, 0.15) is 47.8 Å². The van der Waals surface area contributed by atoms with Crippen LogP contribution in [-0.2, 0) is 9.59 Å². The number of Topliss-reactive ketones (excluding diaryl/α,β-unsaturated/α-hetero) is 1. The van der Waals surface area contributed by atoms with Crippen LogP contribution < -0.4 is 10.1 Å². The van der Waals surface area contributed by atoms with Gasteiger partial charge in [-0.1, -0.05) is 35.9 Å². The lowest BCUT2D eigenvalue weighted by Gasteiger charge is -2.34. The number of aryl methyl sites for hydroxylation is 1. The van der Waals surface area contributed by atoms with Gasteiger partial charge in [-0.05, 0) is 42.5 Å². The highest BCUT2D eigenvalue weighted by atomic mass is 16.5. The average molecular weight is 377 g/mol. The number of carbonyl (C=O) groups is 2. The molecule has 0 fully saturated rings. The van der Waals surface area contributed by atoms with Gasteiger partial charge < -0.3 is 15.2 Å². The minimum atomic E-state index is -0.315. The van der Waals surface area contributed by atoms with E-state index < -0.39 is 0 Å². The Balaban J connectivity index is 1.71. The van der Waals surface area contributed by atoms with Gasteiger partial charge in [0, 0.05) is 30.0 Å². The minimum absolute atomic E-state index is 0.0371. The lowest BCUT2D eigenvalue weighted by Crippen LogP contribution is -2.38. The number of allylic oxidation sites excluding steroid dienone is 2. The smallest absolute Gasteiger partial charge is 0.225 e. The lowest BCUT2D eigenvalue weighted by atomic mass is 9.73. The first-order valence-electron chi connectivity index (χ1n) is 9.46. The van der Waals surface area contributed by atoms with E-state index in [1.807, 2.05) is 6.92 Å². The van der Waals surface area contributed by atoms with E-state index in [0.717, 1.165) is 16.8 Å². The van der Waals surface area contributed by atoms with Crippen LogP contribution in [0.25, 0.3) is 0 Å². The molecule has 1 heterocycles. The number of amides is 1. The summed E-state index contributed by atoms with van der Waals surface area (Å²) in [6.07, 6.45) is 1.29. The summed E-state index contributed by atoms with van der Waals surface area (Å²) >= 11 is 0. The van der Waals surface area contributed by atoms with Gasteiger partial charge in [0.1, 0.15) is 0 Å². The Morgan fingerprint density at radius 1 is 1.00 bits per heavy atom. The Labute approximate surface area is 164 Å². The van der Waals surface area contributed by atoms with E-state index in [0.29, 0.717) is 24.2 Å². The Kier molecular flexibility index (Phi) is 4.67. The molecule has 0 spiro atoms. The molecule has 2 aromatic carbocycles. The fraction of sp³-hybridized carbons (Fsp3) is 0.304. The first kappa shape index (κ1) is 18.3. The second-order valence-corrected chi connectivity index (χ2v) is 7.57. The van der Waals surface area contributed by atoms with Gasteiger partial charge in [-0.3, -0.25) is 9.59 Å². The molecule has 0 saturated heterocycles. The molecule has 0 aromatic heterocycles. The predicted molar refractivity (Wildman–Crippen MR) is 105 cm³/mol. The monoisotopic (exact) mass is 377 g/mol. The fourth-order valence-corrected chi connectivity index (χ4v) is 4.23. The van der Waals surface area contributed by atoms with E-state index in [1.54, 1.807) is 18.2 Å². The molecule has 0 unspecified atom stereocenters. The second kappa shape index (κ2) is 7.15. The van der Waals surface area contributed by atoms with Gasteiger partial charge in [-0.25, -0.2) is 0 Å². The van der Waals surface area contributed by atoms with E-state index in [-0.39, 0.29) is 35.7 Å². The van der Waals surface area contributed by atoms with E-state index in [1.165, 1.54) is 12.7 Å². The van der Waals surface area contributed by atoms with E-state index >= 15 is 0 Å². The number of carbonyl (C=O) groups excluding carboxylic acids is 2. The molecule has 4 rings (SSSR count). The predicted octanol–water partition coefficient (Wildman–Crippen LogP) is 3.71. The highest BCUT2D eigenvalue weighted by Gasteiger charge is 2.38. The minimum Gasteiger partial charge on any atom is -0.504 e. The topological polar surface area (TPSA) is 75.6 Å².